The van der Waals surface area contributed by atoms with Crippen molar-refractivity contribution >= 4 is 17.4 Å². The standard InChI is InChI=1S/C21H21NO3/c1-3-13-22-18(16-12-8-7-9-14(16)2)17(20(24)21(22)25)19(23)15-10-5-4-6-11-15/h4-12,18,23H,3,13H2,1-2H3/b19-17-. The summed E-state index contributed by atoms with van der Waals surface area (Å²) in [7, 11) is 0. The Balaban J connectivity index is 2.22. The molecule has 4 heteroatoms. The van der Waals surface area contributed by atoms with Crippen LogP contribution in [0.15, 0.2) is 60.2 Å². The Kier molecular flexibility index (Phi) is 4.70. The van der Waals surface area contributed by atoms with Crippen LogP contribution in [-0.2, 0) is 9.59 Å². The highest BCUT2D eigenvalue weighted by Crippen LogP contribution is 2.40. The van der Waals surface area contributed by atoms with E-state index in [1.54, 1.807) is 29.2 Å². The summed E-state index contributed by atoms with van der Waals surface area (Å²) >= 11 is 0. The first kappa shape index (κ1) is 17.0. The number of aliphatic hydroxyl groups is 1. The third kappa shape index (κ3) is 2.95. The van der Waals surface area contributed by atoms with Crippen LogP contribution in [-0.4, -0.2) is 28.2 Å². The fourth-order valence-electron chi connectivity index (χ4n) is 3.32. The number of rotatable bonds is 4. The average Bonchev–Trinajstić information content (AvgIpc) is 2.87. The molecule has 2 aromatic rings. The van der Waals surface area contributed by atoms with Crippen molar-refractivity contribution in [1.82, 2.24) is 4.90 Å². The van der Waals surface area contributed by atoms with Gasteiger partial charge in [-0.2, -0.15) is 0 Å². The molecule has 1 fully saturated rings. The molecule has 1 unspecified atom stereocenters. The number of aliphatic hydroxyl groups excluding tert-OH is 1. The van der Waals surface area contributed by atoms with Crippen LogP contribution < -0.4 is 0 Å². The van der Waals surface area contributed by atoms with Crippen molar-refractivity contribution in [2.75, 3.05) is 6.54 Å². The van der Waals surface area contributed by atoms with Gasteiger partial charge in [0.05, 0.1) is 11.6 Å². The van der Waals surface area contributed by atoms with Gasteiger partial charge in [0, 0.05) is 12.1 Å². The van der Waals surface area contributed by atoms with E-state index in [0.29, 0.717) is 12.1 Å². The van der Waals surface area contributed by atoms with Crippen LogP contribution in [0.3, 0.4) is 0 Å². The maximum Gasteiger partial charge on any atom is 0.295 e. The molecule has 1 aliphatic rings. The van der Waals surface area contributed by atoms with Crippen LogP contribution in [0.2, 0.25) is 0 Å². The van der Waals surface area contributed by atoms with Gasteiger partial charge in [-0.05, 0) is 24.5 Å². The minimum absolute atomic E-state index is 0.120. The lowest BCUT2D eigenvalue weighted by molar-refractivity contribution is -0.139. The second kappa shape index (κ2) is 6.93. The topological polar surface area (TPSA) is 57.6 Å². The maximum atomic E-state index is 12.7. The third-order valence-electron chi connectivity index (χ3n) is 4.53. The summed E-state index contributed by atoms with van der Waals surface area (Å²) in [5, 5.41) is 10.8. The molecule has 3 rings (SSSR count). The summed E-state index contributed by atoms with van der Waals surface area (Å²) in [6.45, 7) is 4.38. The Bertz CT molecular complexity index is 839. The minimum Gasteiger partial charge on any atom is -0.507 e. The van der Waals surface area contributed by atoms with E-state index in [0.717, 1.165) is 17.5 Å². The SMILES string of the molecule is CCCN1C(=O)C(=O)/C(=C(\O)c2ccccc2)C1c1ccccc1C. The summed E-state index contributed by atoms with van der Waals surface area (Å²) in [5.74, 6) is -1.29. The smallest absolute Gasteiger partial charge is 0.295 e. The predicted octanol–water partition coefficient (Wildman–Crippen LogP) is 3.83. The highest BCUT2D eigenvalue weighted by atomic mass is 16.3. The first-order valence-corrected chi connectivity index (χ1v) is 8.45. The molecular formula is C21H21NO3. The number of ketones is 1. The number of Topliss-reactive ketones (excluding diaryl/α,β-unsaturated/α-hetero) is 1. The van der Waals surface area contributed by atoms with E-state index >= 15 is 0 Å². The number of aryl methyl sites for hydroxylation is 1. The van der Waals surface area contributed by atoms with Crippen LogP contribution in [0.5, 0.6) is 0 Å². The van der Waals surface area contributed by atoms with Gasteiger partial charge in [-0.3, -0.25) is 9.59 Å². The number of carbonyl (C=O) groups excluding carboxylic acids is 2. The largest absolute Gasteiger partial charge is 0.507 e. The second-order valence-electron chi connectivity index (χ2n) is 6.22. The highest BCUT2D eigenvalue weighted by molar-refractivity contribution is 6.46. The number of likely N-dealkylation sites (tertiary alicyclic amines) is 1. The van der Waals surface area contributed by atoms with Gasteiger partial charge in [0.15, 0.2) is 0 Å². The molecule has 0 aliphatic carbocycles. The molecule has 1 saturated heterocycles. The van der Waals surface area contributed by atoms with Gasteiger partial charge in [0.1, 0.15) is 5.76 Å². The van der Waals surface area contributed by atoms with Crippen LogP contribution in [0.25, 0.3) is 5.76 Å². The summed E-state index contributed by atoms with van der Waals surface area (Å²) in [6.07, 6.45) is 0.737. The van der Waals surface area contributed by atoms with Gasteiger partial charge in [-0.1, -0.05) is 61.5 Å². The second-order valence-corrected chi connectivity index (χ2v) is 6.22. The van der Waals surface area contributed by atoms with Crippen molar-refractivity contribution in [2.45, 2.75) is 26.3 Å². The first-order valence-electron chi connectivity index (χ1n) is 8.45. The zero-order valence-electron chi connectivity index (χ0n) is 14.4. The number of hydrogen-bond donors (Lipinski definition) is 1. The summed E-state index contributed by atoms with van der Waals surface area (Å²) in [6, 6.07) is 16.0. The van der Waals surface area contributed by atoms with Gasteiger partial charge in [0.25, 0.3) is 11.7 Å². The fraction of sp³-hybridized carbons (Fsp3) is 0.238. The maximum absolute atomic E-state index is 12.7. The van der Waals surface area contributed by atoms with E-state index in [4.69, 9.17) is 0 Å². The predicted molar refractivity (Wildman–Crippen MR) is 96.9 cm³/mol. The molecule has 2 aromatic carbocycles. The van der Waals surface area contributed by atoms with Crippen molar-refractivity contribution in [3.05, 3.63) is 76.9 Å². The lowest BCUT2D eigenvalue weighted by Crippen LogP contribution is -2.30. The molecule has 1 amide bonds. The van der Waals surface area contributed by atoms with E-state index in [1.807, 2.05) is 44.2 Å². The Morgan fingerprint density at radius 2 is 1.68 bits per heavy atom. The van der Waals surface area contributed by atoms with Crippen molar-refractivity contribution in [2.24, 2.45) is 0 Å². The lowest BCUT2D eigenvalue weighted by Gasteiger charge is -2.26. The van der Waals surface area contributed by atoms with E-state index < -0.39 is 17.7 Å². The van der Waals surface area contributed by atoms with Gasteiger partial charge in [0.2, 0.25) is 0 Å². The summed E-state index contributed by atoms with van der Waals surface area (Å²) in [4.78, 5) is 26.8. The van der Waals surface area contributed by atoms with Gasteiger partial charge in [-0.15, -0.1) is 0 Å². The Labute approximate surface area is 147 Å². The molecule has 0 radical (unpaired) electrons. The van der Waals surface area contributed by atoms with Crippen LogP contribution >= 0.6 is 0 Å². The van der Waals surface area contributed by atoms with Crippen LogP contribution in [0.4, 0.5) is 0 Å². The van der Waals surface area contributed by atoms with E-state index in [2.05, 4.69) is 0 Å². The molecule has 1 atom stereocenters. The average molecular weight is 335 g/mol. The molecule has 128 valence electrons. The van der Waals surface area contributed by atoms with Crippen LogP contribution in [0, 0.1) is 6.92 Å². The highest BCUT2D eigenvalue weighted by Gasteiger charge is 2.45. The monoisotopic (exact) mass is 335 g/mol. The summed E-state index contributed by atoms with van der Waals surface area (Å²) in [5.41, 5.74) is 2.55. The quantitative estimate of drug-likeness (QED) is 0.525. The fourth-order valence-corrected chi connectivity index (χ4v) is 3.32. The molecule has 1 N–H and O–H groups in total. The molecule has 25 heavy (non-hydrogen) atoms. The zero-order chi connectivity index (χ0) is 18.0. The summed E-state index contributed by atoms with van der Waals surface area (Å²) < 4.78 is 0. The van der Waals surface area contributed by atoms with E-state index in [9.17, 15) is 14.7 Å². The molecule has 1 aliphatic heterocycles. The van der Waals surface area contributed by atoms with E-state index in [-0.39, 0.29) is 11.3 Å². The molecule has 0 bridgehead atoms. The zero-order valence-corrected chi connectivity index (χ0v) is 14.4. The Morgan fingerprint density at radius 1 is 1.04 bits per heavy atom. The molecule has 0 aromatic heterocycles. The molecular weight excluding hydrogens is 314 g/mol. The minimum atomic E-state index is -0.622. The van der Waals surface area contributed by atoms with Gasteiger partial charge < -0.3 is 10.0 Å². The van der Waals surface area contributed by atoms with E-state index in [1.165, 1.54) is 0 Å². The molecule has 0 saturated carbocycles. The van der Waals surface area contributed by atoms with Gasteiger partial charge >= 0.3 is 0 Å². The first-order chi connectivity index (χ1) is 12.1. The van der Waals surface area contributed by atoms with Crippen LogP contribution in [0.1, 0.15) is 36.1 Å². The van der Waals surface area contributed by atoms with Crippen molar-refractivity contribution in [1.29, 1.82) is 0 Å². The lowest BCUT2D eigenvalue weighted by atomic mass is 9.92. The Hall–Kier alpha value is -2.88. The van der Waals surface area contributed by atoms with Crippen molar-refractivity contribution < 1.29 is 14.7 Å². The van der Waals surface area contributed by atoms with Gasteiger partial charge in [-0.25, -0.2) is 0 Å². The Morgan fingerprint density at radius 3 is 2.32 bits per heavy atom. The molecule has 1 heterocycles. The number of amides is 1. The molecule has 0 spiro atoms. The number of nitrogens with zero attached hydrogens (tertiary/aromatic N) is 1. The normalized spacial score (nSPS) is 19.4. The third-order valence-corrected chi connectivity index (χ3v) is 4.53. The number of hydrogen-bond acceptors (Lipinski definition) is 3. The van der Waals surface area contributed by atoms with Crippen molar-refractivity contribution in [3.8, 4) is 0 Å². The van der Waals surface area contributed by atoms with Crippen molar-refractivity contribution in [3.63, 3.8) is 0 Å². The number of benzene rings is 2. The number of carbonyl (C=O) groups is 2. The molecule has 4 nitrogen and oxygen atoms in total.